The van der Waals surface area contributed by atoms with Gasteiger partial charge in [-0.2, -0.15) is 0 Å². The van der Waals surface area contributed by atoms with Gasteiger partial charge in [0.05, 0.1) is 6.10 Å². The second-order valence-electron chi connectivity index (χ2n) is 4.77. The van der Waals surface area contributed by atoms with Gasteiger partial charge in [-0.15, -0.1) is 11.8 Å². The zero-order valence-corrected chi connectivity index (χ0v) is 11.5. The molecule has 2 nitrogen and oxygen atoms in total. The molecule has 1 atom stereocenters. The fourth-order valence-electron chi connectivity index (χ4n) is 1.49. The predicted molar refractivity (Wildman–Crippen MR) is 75.4 cm³/mol. The average molecular weight is 253 g/mol. The maximum Gasteiger partial charge on any atom is 0.0702 e. The Morgan fingerprint density at radius 3 is 2.41 bits per heavy atom. The lowest BCUT2D eigenvalue weighted by Gasteiger charge is -2.08. The average Bonchev–Trinajstić information content (AvgIpc) is 2.31. The van der Waals surface area contributed by atoms with Gasteiger partial charge in [0.2, 0.25) is 0 Å². The van der Waals surface area contributed by atoms with Crippen molar-refractivity contribution < 1.29 is 5.11 Å². The highest BCUT2D eigenvalue weighted by molar-refractivity contribution is 7.99. The van der Waals surface area contributed by atoms with Crippen LogP contribution in [0, 0.1) is 5.92 Å². The summed E-state index contributed by atoms with van der Waals surface area (Å²) in [6.07, 6.45) is 1.47. The van der Waals surface area contributed by atoms with Crippen LogP contribution in [0.25, 0.3) is 0 Å². The molecule has 1 unspecified atom stereocenters. The Labute approximate surface area is 109 Å². The van der Waals surface area contributed by atoms with Crippen molar-refractivity contribution in [2.24, 2.45) is 11.7 Å². The fraction of sp³-hybridized carbons (Fsp3) is 0.571. The van der Waals surface area contributed by atoms with Gasteiger partial charge in [0.1, 0.15) is 0 Å². The summed E-state index contributed by atoms with van der Waals surface area (Å²) in [6, 6.07) is 8.42. The van der Waals surface area contributed by atoms with Crippen LogP contribution in [-0.4, -0.2) is 23.5 Å². The van der Waals surface area contributed by atoms with Crippen LogP contribution in [0.1, 0.15) is 25.8 Å². The Kier molecular flexibility index (Phi) is 6.63. The Morgan fingerprint density at radius 1 is 1.24 bits per heavy atom. The van der Waals surface area contributed by atoms with E-state index in [2.05, 4.69) is 38.1 Å². The molecule has 0 saturated carbocycles. The number of aliphatic hydroxyl groups is 1. The Bertz CT molecular complexity index is 311. The van der Waals surface area contributed by atoms with E-state index in [1.165, 1.54) is 17.1 Å². The number of benzene rings is 1. The molecule has 0 aliphatic carbocycles. The van der Waals surface area contributed by atoms with Crippen molar-refractivity contribution in [1.29, 1.82) is 0 Å². The van der Waals surface area contributed by atoms with Gasteiger partial charge in [-0.3, -0.25) is 0 Å². The van der Waals surface area contributed by atoms with Gasteiger partial charge in [0.15, 0.2) is 0 Å². The summed E-state index contributed by atoms with van der Waals surface area (Å²) in [6.45, 7) is 4.82. The molecule has 1 rings (SSSR count). The van der Waals surface area contributed by atoms with Crippen LogP contribution < -0.4 is 5.73 Å². The summed E-state index contributed by atoms with van der Waals surface area (Å²) in [7, 11) is 0. The van der Waals surface area contributed by atoms with Crippen molar-refractivity contribution in [2.75, 3.05) is 12.3 Å². The minimum atomic E-state index is -0.422. The first-order valence-corrected chi connectivity index (χ1v) is 7.20. The summed E-state index contributed by atoms with van der Waals surface area (Å²) in [5.41, 5.74) is 6.54. The van der Waals surface area contributed by atoms with E-state index in [4.69, 9.17) is 5.73 Å². The van der Waals surface area contributed by atoms with E-state index in [1.807, 2.05) is 11.8 Å². The second kappa shape index (κ2) is 7.75. The molecular formula is C14H23NOS. The summed E-state index contributed by atoms with van der Waals surface area (Å²) in [5.74, 6) is 1.93. The normalized spacial score (nSPS) is 13.0. The number of thioether (sulfide) groups is 1. The Hall–Kier alpha value is -0.510. The maximum atomic E-state index is 9.45. The van der Waals surface area contributed by atoms with Crippen LogP contribution in [0.2, 0.25) is 0 Å². The van der Waals surface area contributed by atoms with Crippen molar-refractivity contribution in [3.05, 3.63) is 29.8 Å². The third-order valence-electron chi connectivity index (χ3n) is 2.63. The molecule has 0 amide bonds. The first-order chi connectivity index (χ1) is 8.11. The molecule has 17 heavy (non-hydrogen) atoms. The van der Waals surface area contributed by atoms with E-state index in [1.54, 1.807) is 0 Å². The molecule has 0 saturated heterocycles. The molecule has 1 aromatic carbocycles. The van der Waals surface area contributed by atoms with E-state index >= 15 is 0 Å². The van der Waals surface area contributed by atoms with Crippen molar-refractivity contribution in [3.63, 3.8) is 0 Å². The minimum absolute atomic E-state index is 0.324. The smallest absolute Gasteiger partial charge is 0.0702 e. The van der Waals surface area contributed by atoms with Crippen LogP contribution in [0.3, 0.4) is 0 Å². The van der Waals surface area contributed by atoms with Gasteiger partial charge in [-0.1, -0.05) is 26.0 Å². The highest BCUT2D eigenvalue weighted by Gasteiger charge is 2.03. The van der Waals surface area contributed by atoms with Gasteiger partial charge in [0.25, 0.3) is 0 Å². The van der Waals surface area contributed by atoms with E-state index in [0.29, 0.717) is 13.0 Å². The monoisotopic (exact) mass is 253 g/mol. The highest BCUT2D eigenvalue weighted by atomic mass is 32.2. The minimum Gasteiger partial charge on any atom is -0.391 e. The van der Waals surface area contributed by atoms with Crippen LogP contribution in [0.15, 0.2) is 29.2 Å². The Morgan fingerprint density at radius 2 is 1.88 bits per heavy atom. The molecular weight excluding hydrogens is 230 g/mol. The van der Waals surface area contributed by atoms with Crippen molar-refractivity contribution in [1.82, 2.24) is 0 Å². The molecule has 0 aromatic heterocycles. The van der Waals surface area contributed by atoms with Crippen LogP contribution in [-0.2, 0) is 6.42 Å². The fourth-order valence-corrected chi connectivity index (χ4v) is 2.64. The number of aliphatic hydroxyl groups excluding tert-OH is 1. The summed E-state index contributed by atoms with van der Waals surface area (Å²) in [4.78, 5) is 1.30. The van der Waals surface area contributed by atoms with Crippen LogP contribution in [0.5, 0.6) is 0 Å². The highest BCUT2D eigenvalue weighted by Crippen LogP contribution is 2.21. The van der Waals surface area contributed by atoms with Gasteiger partial charge >= 0.3 is 0 Å². The van der Waals surface area contributed by atoms with E-state index in [9.17, 15) is 5.11 Å². The van der Waals surface area contributed by atoms with Gasteiger partial charge in [0, 0.05) is 11.4 Å². The Balaban J connectivity index is 2.39. The first kappa shape index (κ1) is 14.6. The topological polar surface area (TPSA) is 46.2 Å². The third-order valence-corrected chi connectivity index (χ3v) is 3.68. The van der Waals surface area contributed by atoms with Crippen molar-refractivity contribution in [2.45, 2.75) is 37.7 Å². The molecule has 0 heterocycles. The molecule has 3 N–H and O–H groups in total. The zero-order chi connectivity index (χ0) is 12.7. The summed E-state index contributed by atoms with van der Waals surface area (Å²) < 4.78 is 0. The number of hydrogen-bond donors (Lipinski definition) is 2. The van der Waals surface area contributed by atoms with Gasteiger partial charge < -0.3 is 10.8 Å². The van der Waals surface area contributed by atoms with Gasteiger partial charge in [-0.05, 0) is 42.2 Å². The summed E-state index contributed by atoms with van der Waals surface area (Å²) in [5, 5.41) is 9.45. The SMILES string of the molecule is CC(C)CCSc1ccc(CC(O)CN)cc1. The molecule has 0 aliphatic rings. The molecule has 0 aliphatic heterocycles. The van der Waals surface area contributed by atoms with Crippen LogP contribution >= 0.6 is 11.8 Å². The molecule has 96 valence electrons. The molecule has 0 radical (unpaired) electrons. The quantitative estimate of drug-likeness (QED) is 0.734. The van der Waals surface area contributed by atoms with E-state index in [-0.39, 0.29) is 0 Å². The third kappa shape index (κ3) is 6.10. The molecule has 1 aromatic rings. The largest absolute Gasteiger partial charge is 0.391 e. The van der Waals surface area contributed by atoms with Crippen LogP contribution in [0.4, 0.5) is 0 Å². The van der Waals surface area contributed by atoms with Crippen molar-refractivity contribution in [3.8, 4) is 0 Å². The number of rotatable bonds is 7. The molecule has 0 fully saturated rings. The summed E-state index contributed by atoms with van der Waals surface area (Å²) >= 11 is 1.89. The lowest BCUT2D eigenvalue weighted by Crippen LogP contribution is -2.21. The first-order valence-electron chi connectivity index (χ1n) is 6.21. The standard InChI is InChI=1S/C14H23NOS/c1-11(2)7-8-17-14-5-3-12(4-6-14)9-13(16)10-15/h3-6,11,13,16H,7-10,15H2,1-2H3. The maximum absolute atomic E-state index is 9.45. The van der Waals surface area contributed by atoms with E-state index < -0.39 is 6.10 Å². The molecule has 0 bridgehead atoms. The number of nitrogens with two attached hydrogens (primary N) is 1. The van der Waals surface area contributed by atoms with E-state index in [0.717, 1.165) is 11.5 Å². The lowest BCUT2D eigenvalue weighted by molar-refractivity contribution is 0.183. The molecule has 3 heteroatoms. The number of hydrogen-bond acceptors (Lipinski definition) is 3. The van der Waals surface area contributed by atoms with Crippen molar-refractivity contribution >= 4 is 11.8 Å². The van der Waals surface area contributed by atoms with Gasteiger partial charge in [-0.25, -0.2) is 0 Å². The second-order valence-corrected chi connectivity index (χ2v) is 5.94. The molecule has 0 spiro atoms. The lowest BCUT2D eigenvalue weighted by atomic mass is 10.1. The zero-order valence-electron chi connectivity index (χ0n) is 10.7. The predicted octanol–water partition coefficient (Wildman–Crippen LogP) is 2.69.